The molecule has 46 heavy (non-hydrogen) atoms. The van der Waals surface area contributed by atoms with Gasteiger partial charge in [-0.25, -0.2) is 21.6 Å². The number of aliphatic hydroxyl groups is 1. The van der Waals surface area contributed by atoms with Crippen LogP contribution in [-0.2, 0) is 42.4 Å². The van der Waals surface area contributed by atoms with Crippen LogP contribution >= 0.6 is 12.4 Å². The lowest BCUT2D eigenvalue weighted by molar-refractivity contribution is -0.128. The van der Waals surface area contributed by atoms with Crippen molar-refractivity contribution >= 4 is 44.1 Å². The van der Waals surface area contributed by atoms with Crippen LogP contribution in [0.25, 0.3) is 0 Å². The molecule has 0 fully saturated rings. The van der Waals surface area contributed by atoms with Crippen molar-refractivity contribution in [3.05, 3.63) is 65.7 Å². The molecule has 3 atom stereocenters. The van der Waals surface area contributed by atoms with Gasteiger partial charge in [0.2, 0.25) is 21.8 Å². The van der Waals surface area contributed by atoms with Crippen LogP contribution in [0, 0.1) is 0 Å². The molecule has 0 spiro atoms. The number of methoxy groups -OCH3 is 1. The van der Waals surface area contributed by atoms with Crippen molar-refractivity contribution in [3.63, 3.8) is 0 Å². The summed E-state index contributed by atoms with van der Waals surface area (Å²) in [7, 11) is -5.98. The van der Waals surface area contributed by atoms with E-state index in [0.29, 0.717) is 38.0 Å². The highest BCUT2D eigenvalue weighted by Crippen LogP contribution is 2.17. The van der Waals surface area contributed by atoms with Gasteiger partial charge in [0.05, 0.1) is 43.1 Å². The number of carbonyl (C=O) groups is 2. The maximum absolute atomic E-state index is 13.7. The molecule has 0 saturated carbocycles. The molecular formula is C31H49ClN4O8S2. The van der Waals surface area contributed by atoms with E-state index in [1.807, 2.05) is 68.4 Å². The van der Waals surface area contributed by atoms with Gasteiger partial charge < -0.3 is 25.8 Å². The van der Waals surface area contributed by atoms with Crippen molar-refractivity contribution in [3.8, 4) is 5.75 Å². The molecule has 2 aromatic rings. The Labute approximate surface area is 279 Å². The number of aliphatic hydroxyl groups excluding tert-OH is 1. The van der Waals surface area contributed by atoms with E-state index in [2.05, 4.69) is 20.7 Å². The van der Waals surface area contributed by atoms with Gasteiger partial charge >= 0.3 is 0 Å². The van der Waals surface area contributed by atoms with Crippen molar-refractivity contribution in [2.24, 2.45) is 0 Å². The highest BCUT2D eigenvalue weighted by Gasteiger charge is 2.34. The van der Waals surface area contributed by atoms with Crippen molar-refractivity contribution < 1.29 is 36.3 Å². The van der Waals surface area contributed by atoms with Gasteiger partial charge in [-0.3, -0.25) is 9.59 Å². The van der Waals surface area contributed by atoms with Crippen LogP contribution in [0.3, 0.4) is 0 Å². The number of hydrogen-bond donors (Lipinski definition) is 5. The second-order valence-electron chi connectivity index (χ2n) is 11.1. The lowest BCUT2D eigenvalue weighted by Crippen LogP contribution is -2.57. The Bertz CT molecular complexity index is 1420. The first-order valence-electron chi connectivity index (χ1n) is 15.1. The summed E-state index contributed by atoms with van der Waals surface area (Å²) in [5, 5.41) is 18.9. The van der Waals surface area contributed by atoms with Crippen molar-refractivity contribution in [2.75, 3.05) is 32.2 Å². The number of sulfone groups is 1. The zero-order chi connectivity index (χ0) is 33.5. The zero-order valence-corrected chi connectivity index (χ0v) is 29.3. The van der Waals surface area contributed by atoms with E-state index in [0.717, 1.165) is 17.4 Å². The second kappa shape index (κ2) is 20.5. The van der Waals surface area contributed by atoms with Gasteiger partial charge in [-0.1, -0.05) is 69.2 Å². The molecular weight excluding hydrogens is 656 g/mol. The Morgan fingerprint density at radius 2 is 1.54 bits per heavy atom. The summed E-state index contributed by atoms with van der Waals surface area (Å²) >= 11 is 0. The van der Waals surface area contributed by atoms with Crippen LogP contribution in [0.5, 0.6) is 5.75 Å². The second-order valence-corrected chi connectivity index (χ2v) is 15.3. The topological polar surface area (TPSA) is 180 Å². The van der Waals surface area contributed by atoms with Crippen molar-refractivity contribution in [1.29, 1.82) is 0 Å². The van der Waals surface area contributed by atoms with Crippen LogP contribution in [-0.4, -0.2) is 89.4 Å². The molecule has 0 aromatic heterocycles. The molecule has 1 unspecified atom stereocenters. The summed E-state index contributed by atoms with van der Waals surface area (Å²) in [6.45, 7) is 3.59. The summed E-state index contributed by atoms with van der Waals surface area (Å²) in [6.07, 6.45) is 2.08. The van der Waals surface area contributed by atoms with Gasteiger partial charge in [-0.05, 0) is 42.5 Å². The maximum Gasteiger partial charge on any atom is 0.243 e. The molecule has 0 aliphatic rings. The van der Waals surface area contributed by atoms with E-state index in [-0.39, 0.29) is 25.4 Å². The molecule has 0 radical (unpaired) electrons. The first-order valence-corrected chi connectivity index (χ1v) is 18.7. The highest BCUT2D eigenvalue weighted by atomic mass is 35.5. The number of rotatable bonds is 21. The summed E-state index contributed by atoms with van der Waals surface area (Å²) in [5.74, 6) is -1.64. The average Bonchev–Trinajstić information content (AvgIpc) is 2.99. The minimum absolute atomic E-state index is 0. The predicted octanol–water partition coefficient (Wildman–Crippen LogP) is 1.71. The summed E-state index contributed by atoms with van der Waals surface area (Å²) < 4.78 is 57.2. The Balaban J connectivity index is 0.0000106. The summed E-state index contributed by atoms with van der Waals surface area (Å²) in [5.41, 5.74) is 1.75. The van der Waals surface area contributed by atoms with Gasteiger partial charge in [-0.15, -0.1) is 12.4 Å². The normalized spacial score (nSPS) is 13.7. The number of sulfonamides is 1. The Kier molecular flexibility index (Phi) is 18.4. The van der Waals surface area contributed by atoms with Gasteiger partial charge in [-0.2, -0.15) is 0 Å². The van der Waals surface area contributed by atoms with E-state index < -0.39 is 67.4 Å². The molecule has 2 rings (SSSR count). The van der Waals surface area contributed by atoms with Gasteiger partial charge in [0.15, 0.2) is 9.84 Å². The fourth-order valence-corrected chi connectivity index (χ4v) is 7.42. The number of ether oxygens (including phenoxy) is 1. The Morgan fingerprint density at radius 3 is 2.13 bits per heavy atom. The fourth-order valence-electron chi connectivity index (χ4n) is 4.86. The number of amides is 2. The number of hydrogen-bond acceptors (Lipinski definition) is 9. The summed E-state index contributed by atoms with van der Waals surface area (Å²) in [4.78, 5) is 26.4. The number of nitrogens with one attached hydrogen (secondary N) is 4. The fraction of sp³-hybridized carbons (Fsp3) is 0.548. The molecule has 0 saturated heterocycles. The molecule has 2 amide bonds. The average molecular weight is 705 g/mol. The number of halogens is 1. The van der Waals surface area contributed by atoms with E-state index in [1.165, 1.54) is 0 Å². The van der Waals surface area contributed by atoms with Gasteiger partial charge in [0.1, 0.15) is 11.8 Å². The largest absolute Gasteiger partial charge is 0.497 e. The predicted molar refractivity (Wildman–Crippen MR) is 182 cm³/mol. The SMILES string of the molecule is CCCC(CCC)S(=O)(=O)CC(NC(=O)CNS(C)(=O)=O)C(=O)N[C@@H](Cc1ccccc1)[C@H](O)CNCc1cccc(OC)c1.Cl. The molecule has 0 aliphatic carbocycles. The smallest absolute Gasteiger partial charge is 0.243 e. The lowest BCUT2D eigenvalue weighted by Gasteiger charge is -2.28. The quantitative estimate of drug-likeness (QED) is 0.129. The third-order valence-electron chi connectivity index (χ3n) is 7.18. The van der Waals surface area contributed by atoms with E-state index in [9.17, 15) is 31.5 Å². The molecule has 15 heteroatoms. The Morgan fingerprint density at radius 1 is 0.913 bits per heavy atom. The molecule has 260 valence electrons. The van der Waals surface area contributed by atoms with Crippen LogP contribution in [0.1, 0.15) is 50.7 Å². The third-order valence-corrected chi connectivity index (χ3v) is 10.1. The van der Waals surface area contributed by atoms with Crippen molar-refractivity contribution in [1.82, 2.24) is 20.7 Å². The highest BCUT2D eigenvalue weighted by molar-refractivity contribution is 7.92. The van der Waals surface area contributed by atoms with Crippen LogP contribution in [0.15, 0.2) is 54.6 Å². The maximum atomic E-state index is 13.7. The molecule has 0 bridgehead atoms. The van der Waals surface area contributed by atoms with Crippen LogP contribution in [0.2, 0.25) is 0 Å². The van der Waals surface area contributed by atoms with Crippen LogP contribution < -0.4 is 25.4 Å². The first kappa shape index (κ1) is 41.3. The number of benzene rings is 2. The standard InChI is InChI=1S/C31H48N4O8S2.ClH/c1-5-11-26(12-6-2)45(41,42)22-28(34-30(37)21-33-44(4,39)40)31(38)35-27(18-23-13-8-7-9-14-23)29(36)20-32-19-24-15-10-16-25(17-24)43-3;/h7-10,13-17,26-29,32-33,36H,5-6,11-12,18-22H2,1-4H3,(H,34,37)(H,35,38);1H/t27-,28?,29+;/m0./s1. The van der Waals surface area contributed by atoms with E-state index in [4.69, 9.17) is 4.74 Å². The molecule has 2 aromatic carbocycles. The van der Waals surface area contributed by atoms with Gasteiger partial charge in [0.25, 0.3) is 0 Å². The van der Waals surface area contributed by atoms with Gasteiger partial charge in [0, 0.05) is 13.1 Å². The Hall–Kier alpha value is -2.75. The molecule has 0 aliphatic heterocycles. The molecule has 5 N–H and O–H groups in total. The lowest BCUT2D eigenvalue weighted by atomic mass is 10.0. The summed E-state index contributed by atoms with van der Waals surface area (Å²) in [6, 6.07) is 14.3. The molecule has 0 heterocycles. The van der Waals surface area contributed by atoms with E-state index >= 15 is 0 Å². The minimum Gasteiger partial charge on any atom is -0.497 e. The number of carbonyl (C=O) groups excluding carboxylic acids is 2. The molecule has 12 nitrogen and oxygen atoms in total. The minimum atomic E-state index is -3.84. The van der Waals surface area contributed by atoms with Crippen LogP contribution in [0.4, 0.5) is 0 Å². The monoisotopic (exact) mass is 704 g/mol. The van der Waals surface area contributed by atoms with E-state index in [1.54, 1.807) is 7.11 Å². The third kappa shape index (κ3) is 15.2. The van der Waals surface area contributed by atoms with Crippen molar-refractivity contribution in [2.45, 2.75) is 75.9 Å². The first-order chi connectivity index (χ1) is 21.3. The zero-order valence-electron chi connectivity index (χ0n) is 26.9.